The first-order valence-electron chi connectivity index (χ1n) is 14.9. The summed E-state index contributed by atoms with van der Waals surface area (Å²) in [7, 11) is 1.64. The van der Waals surface area contributed by atoms with Crippen LogP contribution in [0.15, 0.2) is 42.5 Å². The smallest absolute Gasteiger partial charge is 0.413 e. The van der Waals surface area contributed by atoms with Crippen molar-refractivity contribution in [3.8, 4) is 0 Å². The van der Waals surface area contributed by atoms with E-state index in [0.717, 1.165) is 23.1 Å². The normalized spacial score (nSPS) is 16.8. The maximum absolute atomic E-state index is 13.1. The van der Waals surface area contributed by atoms with Crippen molar-refractivity contribution >= 4 is 53.2 Å². The van der Waals surface area contributed by atoms with Gasteiger partial charge in [-0.25, -0.2) is 4.79 Å². The number of hydrogen-bond acceptors (Lipinski definition) is 10. The molecule has 0 fully saturated rings. The molecule has 2 aromatic carbocycles. The van der Waals surface area contributed by atoms with Gasteiger partial charge < -0.3 is 28.6 Å². The quantitative estimate of drug-likeness (QED) is 0.133. The van der Waals surface area contributed by atoms with E-state index in [1.807, 2.05) is 36.4 Å². The van der Waals surface area contributed by atoms with E-state index in [1.54, 1.807) is 20.0 Å². The number of hydrogen-bond donors (Lipinski definition) is 0. The number of carbonyl (C=O) groups is 5. The van der Waals surface area contributed by atoms with Crippen LogP contribution in [0.4, 0.5) is 4.79 Å². The Bertz CT molecular complexity index is 1400. The Morgan fingerprint density at radius 2 is 1.39 bits per heavy atom. The predicted molar refractivity (Wildman–Crippen MR) is 168 cm³/mol. The molecule has 0 saturated heterocycles. The monoisotopic (exact) mass is 679 g/mol. The summed E-state index contributed by atoms with van der Waals surface area (Å²) in [6, 6.07) is 13.2. The zero-order valence-corrected chi connectivity index (χ0v) is 28.0. The Labute approximate surface area is 278 Å². The number of esters is 4. The van der Waals surface area contributed by atoms with Crippen LogP contribution in [0.3, 0.4) is 0 Å². The minimum atomic E-state index is -1.18. The summed E-state index contributed by atoms with van der Waals surface area (Å²) in [6.07, 6.45) is -1.72. The fourth-order valence-corrected chi connectivity index (χ4v) is 5.57. The lowest BCUT2D eigenvalue weighted by molar-refractivity contribution is -0.169. The average molecular weight is 681 g/mol. The molecule has 0 saturated carbocycles. The van der Waals surface area contributed by atoms with Crippen molar-refractivity contribution in [2.45, 2.75) is 77.7 Å². The summed E-state index contributed by atoms with van der Waals surface area (Å²) in [5.41, 5.74) is 3.10. The van der Waals surface area contributed by atoms with E-state index in [2.05, 4.69) is 0 Å². The molecule has 4 atom stereocenters. The van der Waals surface area contributed by atoms with Crippen LogP contribution in [-0.2, 0) is 42.9 Å². The van der Waals surface area contributed by atoms with Gasteiger partial charge in [0.15, 0.2) is 6.10 Å². The van der Waals surface area contributed by atoms with E-state index < -0.39 is 48.3 Å². The number of carbonyl (C=O) groups excluding carboxylic acids is 5. The Morgan fingerprint density at radius 1 is 0.804 bits per heavy atom. The third kappa shape index (κ3) is 10.9. The highest BCUT2D eigenvalue weighted by molar-refractivity contribution is 6.42. The summed E-state index contributed by atoms with van der Waals surface area (Å²) < 4.78 is 25.7. The lowest BCUT2D eigenvalue weighted by Gasteiger charge is -2.36. The van der Waals surface area contributed by atoms with Crippen LogP contribution in [0.25, 0.3) is 0 Å². The van der Waals surface area contributed by atoms with Gasteiger partial charge in [0.1, 0.15) is 13.2 Å². The molecule has 0 aliphatic heterocycles. The summed E-state index contributed by atoms with van der Waals surface area (Å²) >= 11 is 12.4. The first kappa shape index (κ1) is 36.6. The molecule has 0 aromatic heterocycles. The second kappa shape index (κ2) is 17.2. The summed E-state index contributed by atoms with van der Waals surface area (Å²) in [6.45, 7) is 4.90. The molecule has 13 heteroatoms. The van der Waals surface area contributed by atoms with Crippen molar-refractivity contribution in [2.24, 2.45) is 5.92 Å². The van der Waals surface area contributed by atoms with Crippen molar-refractivity contribution in [3.63, 3.8) is 0 Å². The predicted octanol–water partition coefficient (Wildman–Crippen LogP) is 6.37. The zero-order chi connectivity index (χ0) is 34.0. The molecule has 2 aromatic rings. The van der Waals surface area contributed by atoms with Gasteiger partial charge in [0, 0.05) is 46.6 Å². The third-order valence-electron chi connectivity index (χ3n) is 7.40. The van der Waals surface area contributed by atoms with Gasteiger partial charge in [-0.3, -0.25) is 19.2 Å². The fourth-order valence-electron chi connectivity index (χ4n) is 5.27. The van der Waals surface area contributed by atoms with Gasteiger partial charge >= 0.3 is 30.0 Å². The molecule has 1 aliphatic rings. The molecule has 0 radical (unpaired) electrons. The largest absolute Gasteiger partial charge is 0.462 e. The molecule has 1 aliphatic carbocycles. The highest BCUT2D eigenvalue weighted by Gasteiger charge is 2.33. The molecular formula is C33H39Cl2NO10. The van der Waals surface area contributed by atoms with Gasteiger partial charge in [0.05, 0.1) is 16.1 Å². The van der Waals surface area contributed by atoms with Crippen molar-refractivity contribution in [3.05, 3.63) is 69.2 Å². The Balaban J connectivity index is 1.51. The molecule has 11 nitrogen and oxygen atoms in total. The van der Waals surface area contributed by atoms with Gasteiger partial charge in [-0.2, -0.15) is 0 Å². The van der Waals surface area contributed by atoms with Crippen molar-refractivity contribution in [1.29, 1.82) is 0 Å². The molecule has 3 unspecified atom stereocenters. The summed E-state index contributed by atoms with van der Waals surface area (Å²) in [4.78, 5) is 61.8. The van der Waals surface area contributed by atoms with Gasteiger partial charge in [-0.1, -0.05) is 60.5 Å². The zero-order valence-electron chi connectivity index (χ0n) is 26.5. The topological polar surface area (TPSA) is 135 Å². The first-order valence-corrected chi connectivity index (χ1v) is 15.6. The van der Waals surface area contributed by atoms with Crippen LogP contribution >= 0.6 is 23.2 Å². The number of benzene rings is 2. The van der Waals surface area contributed by atoms with E-state index >= 15 is 0 Å². The lowest BCUT2D eigenvalue weighted by atomic mass is 9.76. The lowest BCUT2D eigenvalue weighted by Crippen LogP contribution is -2.37. The maximum atomic E-state index is 13.1. The number of nitrogens with zero attached hydrogens (tertiary/aromatic N) is 1. The van der Waals surface area contributed by atoms with E-state index in [9.17, 15) is 24.0 Å². The average Bonchev–Trinajstić information content (AvgIpc) is 2.98. The molecular weight excluding hydrogens is 641 g/mol. The number of halogens is 2. The highest BCUT2D eigenvalue weighted by Crippen LogP contribution is 2.44. The Kier molecular flexibility index (Phi) is 13.7. The van der Waals surface area contributed by atoms with E-state index in [4.69, 9.17) is 46.9 Å². The summed E-state index contributed by atoms with van der Waals surface area (Å²) in [5, 5.41) is 0.972. The van der Waals surface area contributed by atoms with Crippen molar-refractivity contribution in [2.75, 3.05) is 20.3 Å². The first-order chi connectivity index (χ1) is 21.7. The van der Waals surface area contributed by atoms with Crippen LogP contribution in [0, 0.1) is 5.92 Å². The van der Waals surface area contributed by atoms with Crippen LogP contribution in [0.1, 0.15) is 82.0 Å². The second-order valence-electron chi connectivity index (χ2n) is 11.2. The SMILES string of the molecule is CC(=O)OCC(COC(C)=O)OC(=O)CC(C)CC(=O)OC(C)OC(=O)N(C)[C@H]1CCC(c2ccc(Cl)c(Cl)c2)c2ccccc21. The Morgan fingerprint density at radius 3 is 1.98 bits per heavy atom. The minimum Gasteiger partial charge on any atom is -0.462 e. The Hall–Kier alpha value is -3.83. The molecule has 0 N–H and O–H groups in total. The van der Waals surface area contributed by atoms with E-state index in [1.165, 1.54) is 25.7 Å². The molecule has 0 bridgehead atoms. The molecule has 250 valence electrons. The van der Waals surface area contributed by atoms with E-state index in [-0.39, 0.29) is 38.0 Å². The molecule has 0 spiro atoms. The highest BCUT2D eigenvalue weighted by atomic mass is 35.5. The fraction of sp³-hybridized carbons (Fsp3) is 0.485. The molecule has 0 heterocycles. The van der Waals surface area contributed by atoms with Crippen molar-refractivity contribution < 1.29 is 47.7 Å². The van der Waals surface area contributed by atoms with Crippen LogP contribution in [0.5, 0.6) is 0 Å². The van der Waals surface area contributed by atoms with Gasteiger partial charge in [0.25, 0.3) is 0 Å². The van der Waals surface area contributed by atoms with Crippen molar-refractivity contribution in [1.82, 2.24) is 4.90 Å². The van der Waals surface area contributed by atoms with Gasteiger partial charge in [-0.15, -0.1) is 0 Å². The molecule has 1 amide bonds. The second-order valence-corrected chi connectivity index (χ2v) is 12.0. The number of rotatable bonds is 13. The summed E-state index contributed by atoms with van der Waals surface area (Å²) in [5.74, 6) is -2.93. The van der Waals surface area contributed by atoms with Crippen LogP contribution in [-0.4, -0.2) is 67.5 Å². The number of fused-ring (bicyclic) bond motifs is 1. The van der Waals surface area contributed by atoms with Crippen LogP contribution < -0.4 is 0 Å². The maximum Gasteiger partial charge on any atom is 0.413 e. The van der Waals surface area contributed by atoms with Gasteiger partial charge in [-0.05, 0) is 47.6 Å². The third-order valence-corrected chi connectivity index (χ3v) is 8.14. The van der Waals surface area contributed by atoms with Crippen LogP contribution in [0.2, 0.25) is 10.0 Å². The number of amides is 1. The van der Waals surface area contributed by atoms with Gasteiger partial charge in [0.2, 0.25) is 6.29 Å². The molecule has 3 rings (SSSR count). The number of ether oxygens (including phenoxy) is 5. The van der Waals surface area contributed by atoms with E-state index in [0.29, 0.717) is 16.5 Å². The molecule has 46 heavy (non-hydrogen) atoms. The minimum absolute atomic E-state index is 0.0828. The standard InChI is InChI=1S/C33H39Cl2NO10/c1-19(15-32(40)46-24(17-42-20(2)37)18-43-21(3)38)14-31(39)44-22(4)45-33(41)36(5)30-13-11-25(26-8-6-7-9-27(26)30)23-10-12-28(34)29(35)16-23/h6-10,12,16,19,22,24-25,30H,11,13-15,17-18H2,1-5H3/t19?,22?,25?,30-/m0/s1.